The molecule has 182 valence electrons. The number of ketones is 1. The molecule has 35 heavy (non-hydrogen) atoms. The lowest BCUT2D eigenvalue weighted by Crippen LogP contribution is -2.42. The van der Waals surface area contributed by atoms with Crippen LogP contribution in [-0.4, -0.2) is 22.7 Å². The van der Waals surface area contributed by atoms with Gasteiger partial charge in [0.2, 0.25) is 0 Å². The fraction of sp³-hybridized carbons (Fsp3) is 0.320. The van der Waals surface area contributed by atoms with E-state index in [9.17, 15) is 31.1 Å². The zero-order chi connectivity index (χ0) is 25.0. The Morgan fingerprint density at radius 3 is 2.49 bits per heavy atom. The molecule has 0 saturated heterocycles. The minimum Gasteiger partial charge on any atom is -0.374 e. The van der Waals surface area contributed by atoms with Gasteiger partial charge in [-0.05, 0) is 42.3 Å². The third kappa shape index (κ3) is 4.15. The molecule has 0 radical (unpaired) electrons. The topological polar surface area (TPSA) is 51.5 Å². The van der Waals surface area contributed by atoms with Gasteiger partial charge in [-0.1, -0.05) is 29.4 Å². The lowest BCUT2D eigenvalue weighted by Gasteiger charge is -2.30. The first-order valence-electron chi connectivity index (χ1n) is 10.9. The van der Waals surface area contributed by atoms with Gasteiger partial charge in [-0.3, -0.25) is 9.78 Å². The standard InChI is InChI=1S/C25H18F6N2O2/c26-24(27,28)16-3-1-2-15(11-16)23(25(29,30)31)12-21(33-35-23)18-6-7-19(22(34)10-14-4-5-14)20-13-32-9-8-17(18)20/h1-3,6-9,11,13-14H,4-5,10,12H2. The Hall–Kier alpha value is -3.43. The number of oxime groups is 1. The predicted molar refractivity (Wildman–Crippen MR) is 115 cm³/mol. The number of rotatable bonds is 5. The monoisotopic (exact) mass is 492 g/mol. The quantitative estimate of drug-likeness (QED) is 0.290. The number of halogens is 6. The number of carbonyl (C=O) groups is 1. The molecule has 2 aromatic carbocycles. The third-order valence-corrected chi connectivity index (χ3v) is 6.44. The van der Waals surface area contributed by atoms with E-state index in [2.05, 4.69) is 10.1 Å². The number of hydrogen-bond acceptors (Lipinski definition) is 4. The summed E-state index contributed by atoms with van der Waals surface area (Å²) in [4.78, 5) is 21.7. The van der Waals surface area contributed by atoms with E-state index in [-0.39, 0.29) is 11.5 Å². The number of alkyl halides is 6. The molecule has 3 aromatic rings. The molecule has 1 unspecified atom stereocenters. The van der Waals surface area contributed by atoms with E-state index in [1.54, 1.807) is 6.07 Å². The van der Waals surface area contributed by atoms with E-state index < -0.39 is 35.5 Å². The van der Waals surface area contributed by atoms with E-state index in [1.807, 2.05) is 0 Å². The smallest absolute Gasteiger partial charge is 0.374 e. The molecule has 0 amide bonds. The molecule has 10 heteroatoms. The van der Waals surface area contributed by atoms with Gasteiger partial charge in [0.05, 0.1) is 11.3 Å². The summed E-state index contributed by atoms with van der Waals surface area (Å²) in [7, 11) is 0. The Labute approximate surface area is 195 Å². The summed E-state index contributed by atoms with van der Waals surface area (Å²) in [6.45, 7) is 0. The summed E-state index contributed by atoms with van der Waals surface area (Å²) in [6, 6.07) is 7.60. The van der Waals surface area contributed by atoms with Gasteiger partial charge in [0, 0.05) is 47.3 Å². The Balaban J connectivity index is 1.55. The van der Waals surface area contributed by atoms with Gasteiger partial charge in [-0.2, -0.15) is 26.3 Å². The van der Waals surface area contributed by atoms with Gasteiger partial charge >= 0.3 is 12.4 Å². The van der Waals surface area contributed by atoms with Gasteiger partial charge < -0.3 is 4.84 Å². The number of pyridine rings is 1. The van der Waals surface area contributed by atoms with Crippen LogP contribution in [0.25, 0.3) is 10.8 Å². The lowest BCUT2D eigenvalue weighted by molar-refractivity contribution is -0.276. The molecule has 1 atom stereocenters. The van der Waals surface area contributed by atoms with Crippen LogP contribution >= 0.6 is 0 Å². The van der Waals surface area contributed by atoms with Gasteiger partial charge in [0.1, 0.15) is 0 Å². The fourth-order valence-corrected chi connectivity index (χ4v) is 4.37. The van der Waals surface area contributed by atoms with Crippen LogP contribution in [0.3, 0.4) is 0 Å². The van der Waals surface area contributed by atoms with Gasteiger partial charge in [0.25, 0.3) is 5.60 Å². The molecule has 1 aromatic heterocycles. The number of hydrogen-bond donors (Lipinski definition) is 0. The number of fused-ring (bicyclic) bond motifs is 1. The van der Waals surface area contributed by atoms with E-state index in [0.29, 0.717) is 46.4 Å². The molecule has 2 aliphatic rings. The van der Waals surface area contributed by atoms with Crippen molar-refractivity contribution in [1.29, 1.82) is 0 Å². The fourth-order valence-electron chi connectivity index (χ4n) is 4.37. The first-order valence-corrected chi connectivity index (χ1v) is 10.9. The molecule has 0 bridgehead atoms. The summed E-state index contributed by atoms with van der Waals surface area (Å²) in [5, 5.41) is 4.63. The Bertz CT molecular complexity index is 1340. The highest BCUT2D eigenvalue weighted by Gasteiger charge is 2.62. The van der Waals surface area contributed by atoms with Crippen molar-refractivity contribution in [3.05, 3.63) is 77.1 Å². The molecule has 4 nitrogen and oxygen atoms in total. The molecule has 1 aliphatic heterocycles. The van der Waals surface area contributed by atoms with E-state index in [0.717, 1.165) is 25.0 Å². The van der Waals surface area contributed by atoms with Crippen molar-refractivity contribution >= 4 is 22.3 Å². The predicted octanol–water partition coefficient (Wildman–Crippen LogP) is 6.82. The number of nitrogens with zero attached hydrogens (tertiary/aromatic N) is 2. The molecular weight excluding hydrogens is 474 g/mol. The molecule has 5 rings (SSSR count). The number of benzene rings is 2. The number of carbonyl (C=O) groups excluding carboxylic acids is 1. The maximum Gasteiger partial charge on any atom is 0.435 e. The summed E-state index contributed by atoms with van der Waals surface area (Å²) in [5.74, 6) is 0.275. The zero-order valence-electron chi connectivity index (χ0n) is 18.1. The normalized spacial score (nSPS) is 20.6. The van der Waals surface area contributed by atoms with Crippen molar-refractivity contribution in [2.24, 2.45) is 11.1 Å². The van der Waals surface area contributed by atoms with Crippen molar-refractivity contribution < 1.29 is 36.0 Å². The minimum absolute atomic E-state index is 0.0738. The van der Waals surface area contributed by atoms with Crippen LogP contribution in [0.1, 0.15) is 52.7 Å². The van der Waals surface area contributed by atoms with E-state index in [4.69, 9.17) is 4.84 Å². The maximum atomic E-state index is 14.3. The highest BCUT2D eigenvalue weighted by molar-refractivity contribution is 6.16. The first-order chi connectivity index (χ1) is 16.5. The third-order valence-electron chi connectivity index (χ3n) is 6.44. The van der Waals surface area contributed by atoms with Crippen molar-refractivity contribution in [3.63, 3.8) is 0 Å². The maximum absolute atomic E-state index is 14.3. The van der Waals surface area contributed by atoms with Crippen molar-refractivity contribution in [3.8, 4) is 0 Å². The van der Waals surface area contributed by atoms with Crippen molar-refractivity contribution in [1.82, 2.24) is 4.98 Å². The Morgan fingerprint density at radius 2 is 1.80 bits per heavy atom. The number of aromatic nitrogens is 1. The van der Waals surface area contributed by atoms with Crippen LogP contribution in [-0.2, 0) is 16.6 Å². The van der Waals surface area contributed by atoms with E-state index >= 15 is 0 Å². The Morgan fingerprint density at radius 1 is 1.03 bits per heavy atom. The summed E-state index contributed by atoms with van der Waals surface area (Å²) < 4.78 is 82.5. The molecule has 0 N–H and O–H groups in total. The molecule has 1 fully saturated rings. The first kappa shape index (κ1) is 23.3. The van der Waals surface area contributed by atoms with Crippen LogP contribution in [0.4, 0.5) is 26.3 Å². The highest BCUT2D eigenvalue weighted by Crippen LogP contribution is 2.50. The molecular formula is C25H18F6N2O2. The molecule has 0 spiro atoms. The van der Waals surface area contributed by atoms with Gasteiger partial charge in [-0.25, -0.2) is 0 Å². The number of Topliss-reactive ketones (excluding diaryl/α,β-unsaturated/α-hetero) is 1. The lowest BCUT2D eigenvalue weighted by atomic mass is 9.84. The molecule has 2 heterocycles. The second kappa shape index (κ2) is 8.07. The van der Waals surface area contributed by atoms with E-state index in [1.165, 1.54) is 24.5 Å². The van der Waals surface area contributed by atoms with Crippen LogP contribution < -0.4 is 0 Å². The summed E-state index contributed by atoms with van der Waals surface area (Å²) in [6.07, 6.45) is -5.42. The van der Waals surface area contributed by atoms with Crippen LogP contribution in [0.2, 0.25) is 0 Å². The minimum atomic E-state index is -5.06. The average molecular weight is 492 g/mol. The van der Waals surface area contributed by atoms with Gasteiger partial charge in [0.15, 0.2) is 5.78 Å². The van der Waals surface area contributed by atoms with Crippen LogP contribution in [0.5, 0.6) is 0 Å². The van der Waals surface area contributed by atoms with Crippen molar-refractivity contribution in [2.75, 3.05) is 0 Å². The molecule has 1 aliphatic carbocycles. The average Bonchev–Trinajstić information content (AvgIpc) is 3.50. The largest absolute Gasteiger partial charge is 0.435 e. The second-order valence-electron chi connectivity index (χ2n) is 8.86. The van der Waals surface area contributed by atoms with Crippen molar-refractivity contribution in [2.45, 2.75) is 43.6 Å². The van der Waals surface area contributed by atoms with Gasteiger partial charge in [-0.15, -0.1) is 0 Å². The SMILES string of the molecule is O=C(CC1CC1)c1ccc(C2=NOC(c3cccc(C(F)(F)F)c3)(C(F)(F)F)C2)c2ccncc12. The highest BCUT2D eigenvalue weighted by atomic mass is 19.4. The van der Waals surface area contributed by atoms with Crippen LogP contribution in [0, 0.1) is 5.92 Å². The summed E-state index contributed by atoms with van der Waals surface area (Å²) in [5.41, 5.74) is -4.36. The van der Waals surface area contributed by atoms with Crippen LogP contribution in [0.15, 0.2) is 60.0 Å². The summed E-state index contributed by atoms with van der Waals surface area (Å²) >= 11 is 0. The second-order valence-corrected chi connectivity index (χ2v) is 8.86. The Kier molecular flexibility index (Phi) is 5.37. The molecule has 1 saturated carbocycles. The zero-order valence-corrected chi connectivity index (χ0v) is 18.1.